The Labute approximate surface area is 151 Å². The minimum Gasteiger partial charge on any atom is -0.423 e. The van der Waals surface area contributed by atoms with Crippen LogP contribution in [0, 0.1) is 5.92 Å². The minimum atomic E-state index is 0.00155. The van der Waals surface area contributed by atoms with E-state index in [0.717, 1.165) is 56.4 Å². The fourth-order valence-electron chi connectivity index (χ4n) is 3.75. The van der Waals surface area contributed by atoms with Crippen molar-refractivity contribution in [2.24, 2.45) is 11.7 Å². The molecular weight excluding hydrogens is 340 g/mol. The topological polar surface area (TPSA) is 75.6 Å². The highest BCUT2D eigenvalue weighted by Gasteiger charge is 2.32. The van der Waals surface area contributed by atoms with Crippen molar-refractivity contribution in [1.82, 2.24) is 9.88 Å². The van der Waals surface area contributed by atoms with E-state index in [-0.39, 0.29) is 17.9 Å². The molecule has 0 radical (unpaired) electrons. The molecular formula is C18H23ClN4O2. The van der Waals surface area contributed by atoms with Crippen molar-refractivity contribution in [3.63, 3.8) is 0 Å². The van der Waals surface area contributed by atoms with Gasteiger partial charge in [0.15, 0.2) is 5.58 Å². The number of rotatable bonds is 2. The summed E-state index contributed by atoms with van der Waals surface area (Å²) in [7, 11) is 0. The lowest BCUT2D eigenvalue weighted by Gasteiger charge is -2.36. The molecule has 1 unspecified atom stereocenters. The number of halogens is 1. The van der Waals surface area contributed by atoms with Gasteiger partial charge in [-0.05, 0) is 43.9 Å². The van der Waals surface area contributed by atoms with Crippen LogP contribution in [-0.2, 0) is 4.79 Å². The predicted molar refractivity (Wildman–Crippen MR) is 97.7 cm³/mol. The van der Waals surface area contributed by atoms with Gasteiger partial charge in [0.1, 0.15) is 5.52 Å². The fourth-order valence-corrected chi connectivity index (χ4v) is 3.92. The van der Waals surface area contributed by atoms with Crippen LogP contribution in [0.3, 0.4) is 0 Å². The van der Waals surface area contributed by atoms with Crippen molar-refractivity contribution in [3.8, 4) is 0 Å². The molecule has 0 saturated carbocycles. The third kappa shape index (κ3) is 3.46. The van der Waals surface area contributed by atoms with E-state index >= 15 is 0 Å². The van der Waals surface area contributed by atoms with Crippen LogP contribution in [-0.4, -0.2) is 48.0 Å². The van der Waals surface area contributed by atoms with Crippen LogP contribution in [0.5, 0.6) is 0 Å². The molecule has 2 N–H and O–H groups in total. The monoisotopic (exact) mass is 362 g/mol. The molecule has 2 fully saturated rings. The largest absolute Gasteiger partial charge is 0.423 e. The van der Waals surface area contributed by atoms with Crippen molar-refractivity contribution in [1.29, 1.82) is 0 Å². The molecule has 0 spiro atoms. The van der Waals surface area contributed by atoms with Gasteiger partial charge in [-0.1, -0.05) is 11.6 Å². The summed E-state index contributed by atoms with van der Waals surface area (Å²) >= 11 is 6.02. The van der Waals surface area contributed by atoms with Crippen molar-refractivity contribution in [3.05, 3.63) is 23.2 Å². The summed E-state index contributed by atoms with van der Waals surface area (Å²) < 4.78 is 5.86. The number of nitrogens with two attached hydrogens (primary N) is 1. The van der Waals surface area contributed by atoms with Crippen molar-refractivity contribution in [2.45, 2.75) is 31.7 Å². The van der Waals surface area contributed by atoms with E-state index in [2.05, 4.69) is 9.88 Å². The Kier molecular flexibility index (Phi) is 4.56. The van der Waals surface area contributed by atoms with Gasteiger partial charge in [-0.2, -0.15) is 4.98 Å². The van der Waals surface area contributed by atoms with Gasteiger partial charge in [-0.15, -0.1) is 0 Å². The summed E-state index contributed by atoms with van der Waals surface area (Å²) in [4.78, 5) is 21.4. The quantitative estimate of drug-likeness (QED) is 0.888. The van der Waals surface area contributed by atoms with E-state index in [1.165, 1.54) is 0 Å². The number of carbonyl (C=O) groups is 1. The molecule has 2 aromatic rings. The molecule has 0 aliphatic carbocycles. The lowest BCUT2D eigenvalue weighted by atomic mass is 9.95. The Morgan fingerprint density at radius 1 is 1.24 bits per heavy atom. The number of benzene rings is 1. The number of aromatic nitrogens is 1. The number of fused-ring (bicyclic) bond motifs is 1. The summed E-state index contributed by atoms with van der Waals surface area (Å²) in [5, 5.41) is 0.641. The molecule has 25 heavy (non-hydrogen) atoms. The van der Waals surface area contributed by atoms with E-state index < -0.39 is 0 Å². The van der Waals surface area contributed by atoms with Crippen molar-refractivity contribution >= 4 is 34.6 Å². The van der Waals surface area contributed by atoms with Crippen molar-refractivity contribution < 1.29 is 9.21 Å². The van der Waals surface area contributed by atoms with Gasteiger partial charge in [0.25, 0.3) is 6.01 Å². The normalized spacial score (nSPS) is 22.6. The molecule has 2 saturated heterocycles. The molecule has 2 aliphatic heterocycles. The van der Waals surface area contributed by atoms with Crippen LogP contribution in [0.2, 0.25) is 5.02 Å². The summed E-state index contributed by atoms with van der Waals surface area (Å²) in [5.74, 6) is 0.248. The standard InChI is InChI=1S/C18H23ClN4O2/c19-13-3-4-16-15(10-13)21-18(25-16)23-7-1-2-12(11-23)17(24)22-8-5-14(20)6-9-22/h3-4,10,12,14H,1-2,5-9,11,20H2. The van der Waals surface area contributed by atoms with Gasteiger partial charge >= 0.3 is 0 Å². The summed E-state index contributed by atoms with van der Waals surface area (Å²) in [6.45, 7) is 3.06. The Morgan fingerprint density at radius 3 is 2.84 bits per heavy atom. The SMILES string of the molecule is NC1CCN(C(=O)C2CCCN(c3nc4cc(Cl)ccc4o3)C2)CC1. The molecule has 1 amide bonds. The van der Waals surface area contributed by atoms with Gasteiger partial charge in [0.2, 0.25) is 5.91 Å². The maximum Gasteiger partial charge on any atom is 0.298 e. The van der Waals surface area contributed by atoms with Crippen LogP contribution >= 0.6 is 11.6 Å². The number of likely N-dealkylation sites (tertiary alicyclic amines) is 1. The van der Waals surface area contributed by atoms with Crippen LogP contribution < -0.4 is 10.6 Å². The Morgan fingerprint density at radius 2 is 2.04 bits per heavy atom. The predicted octanol–water partition coefficient (Wildman–Crippen LogP) is 2.65. The van der Waals surface area contributed by atoms with E-state index in [1.807, 2.05) is 11.0 Å². The van der Waals surface area contributed by atoms with Gasteiger partial charge in [-0.25, -0.2) is 0 Å². The first-order valence-corrected chi connectivity index (χ1v) is 9.33. The van der Waals surface area contributed by atoms with E-state index in [4.69, 9.17) is 21.8 Å². The molecule has 7 heteroatoms. The second-order valence-electron chi connectivity index (χ2n) is 7.06. The lowest BCUT2D eigenvalue weighted by Crippen LogP contribution is -2.49. The van der Waals surface area contributed by atoms with Gasteiger partial charge in [0, 0.05) is 37.2 Å². The van der Waals surface area contributed by atoms with Gasteiger partial charge in [-0.3, -0.25) is 4.79 Å². The molecule has 0 bridgehead atoms. The summed E-state index contributed by atoms with van der Waals surface area (Å²) in [6.07, 6.45) is 3.68. The smallest absolute Gasteiger partial charge is 0.298 e. The number of nitrogens with zero attached hydrogens (tertiary/aromatic N) is 3. The minimum absolute atomic E-state index is 0.00155. The third-order valence-corrected chi connectivity index (χ3v) is 5.47. The maximum atomic E-state index is 12.8. The Bertz CT molecular complexity index is 770. The van der Waals surface area contributed by atoms with Crippen LogP contribution in [0.1, 0.15) is 25.7 Å². The summed E-state index contributed by atoms with van der Waals surface area (Å²) in [5.41, 5.74) is 7.42. The maximum absolute atomic E-state index is 12.8. The average molecular weight is 363 g/mol. The number of amides is 1. The number of anilines is 1. The first-order chi connectivity index (χ1) is 12.1. The fraction of sp³-hybridized carbons (Fsp3) is 0.556. The highest BCUT2D eigenvalue weighted by Crippen LogP contribution is 2.29. The number of oxazole rings is 1. The molecule has 1 atom stereocenters. The van der Waals surface area contributed by atoms with E-state index in [1.54, 1.807) is 12.1 Å². The molecule has 1 aromatic heterocycles. The zero-order valence-electron chi connectivity index (χ0n) is 14.2. The van der Waals surface area contributed by atoms with Crippen LogP contribution in [0.4, 0.5) is 6.01 Å². The average Bonchev–Trinajstić information content (AvgIpc) is 3.05. The first-order valence-electron chi connectivity index (χ1n) is 8.95. The zero-order chi connectivity index (χ0) is 17.4. The highest BCUT2D eigenvalue weighted by atomic mass is 35.5. The molecule has 6 nitrogen and oxygen atoms in total. The Hall–Kier alpha value is -1.79. The second kappa shape index (κ2) is 6.84. The summed E-state index contributed by atoms with van der Waals surface area (Å²) in [6, 6.07) is 6.24. The molecule has 1 aromatic carbocycles. The molecule has 4 rings (SSSR count). The lowest BCUT2D eigenvalue weighted by molar-refractivity contribution is -0.136. The van der Waals surface area contributed by atoms with Gasteiger partial charge < -0.3 is 20.0 Å². The Balaban J connectivity index is 1.47. The highest BCUT2D eigenvalue weighted by molar-refractivity contribution is 6.31. The number of carbonyl (C=O) groups excluding carboxylic acids is 1. The number of piperidine rings is 2. The first kappa shape index (κ1) is 16.7. The van der Waals surface area contributed by atoms with E-state index in [9.17, 15) is 4.79 Å². The number of hydrogen-bond acceptors (Lipinski definition) is 5. The molecule has 3 heterocycles. The number of hydrogen-bond donors (Lipinski definition) is 1. The third-order valence-electron chi connectivity index (χ3n) is 5.23. The molecule has 134 valence electrons. The molecule has 2 aliphatic rings. The van der Waals surface area contributed by atoms with Crippen LogP contribution in [0.25, 0.3) is 11.1 Å². The second-order valence-corrected chi connectivity index (χ2v) is 7.49. The van der Waals surface area contributed by atoms with Gasteiger partial charge in [0.05, 0.1) is 5.92 Å². The van der Waals surface area contributed by atoms with Crippen molar-refractivity contribution in [2.75, 3.05) is 31.1 Å². The van der Waals surface area contributed by atoms with E-state index in [0.29, 0.717) is 17.6 Å². The van der Waals surface area contributed by atoms with Crippen LogP contribution in [0.15, 0.2) is 22.6 Å². The zero-order valence-corrected chi connectivity index (χ0v) is 14.9.